The molecule has 1 amide bonds. The van der Waals surface area contributed by atoms with Crippen molar-refractivity contribution in [3.63, 3.8) is 0 Å². The number of carbonyl (C=O) groups excluding carboxylic acids is 1. The van der Waals surface area contributed by atoms with Crippen LogP contribution in [0.5, 0.6) is 0 Å². The Balaban J connectivity index is 1.72. The number of nitrogens with one attached hydrogen (secondary N) is 2. The summed E-state index contributed by atoms with van der Waals surface area (Å²) in [5.41, 5.74) is 0. The van der Waals surface area contributed by atoms with Gasteiger partial charge in [-0.1, -0.05) is 0 Å². The van der Waals surface area contributed by atoms with Gasteiger partial charge in [-0.2, -0.15) is 0 Å². The van der Waals surface area contributed by atoms with Crippen LogP contribution in [0.4, 0.5) is 0 Å². The van der Waals surface area contributed by atoms with Crippen molar-refractivity contribution in [2.24, 2.45) is 0 Å². The van der Waals surface area contributed by atoms with Gasteiger partial charge in [0.15, 0.2) is 0 Å². The molecule has 1 atom stereocenters. The highest BCUT2D eigenvalue weighted by Crippen LogP contribution is 2.18. The van der Waals surface area contributed by atoms with Crippen LogP contribution in [0.3, 0.4) is 0 Å². The van der Waals surface area contributed by atoms with Gasteiger partial charge < -0.3 is 15.4 Å². The lowest BCUT2D eigenvalue weighted by Crippen LogP contribution is -2.44. The summed E-state index contributed by atoms with van der Waals surface area (Å²) in [6.45, 7) is 4.06. The zero-order valence-corrected chi connectivity index (χ0v) is 11.3. The minimum Gasteiger partial charge on any atom is -0.383 e. The molecule has 1 heterocycles. The number of ether oxygens (including phenoxy) is 1. The van der Waals surface area contributed by atoms with E-state index in [0.717, 1.165) is 32.5 Å². The highest BCUT2D eigenvalue weighted by molar-refractivity contribution is 5.78. The fourth-order valence-electron chi connectivity index (χ4n) is 2.38. The third-order valence-corrected chi connectivity index (χ3v) is 3.56. The molecule has 1 saturated carbocycles. The number of carbonyl (C=O) groups is 1. The van der Waals surface area contributed by atoms with Crippen molar-refractivity contribution < 1.29 is 9.53 Å². The summed E-state index contributed by atoms with van der Waals surface area (Å²) in [6, 6.07) is 0.988. The molecule has 5 nitrogen and oxygen atoms in total. The molecule has 0 bridgehead atoms. The first-order valence-corrected chi connectivity index (χ1v) is 7.02. The van der Waals surface area contributed by atoms with Gasteiger partial charge in [0.05, 0.1) is 13.2 Å². The van der Waals surface area contributed by atoms with Crippen molar-refractivity contribution in [1.82, 2.24) is 15.5 Å². The van der Waals surface area contributed by atoms with Gasteiger partial charge in [-0.3, -0.25) is 9.69 Å². The summed E-state index contributed by atoms with van der Waals surface area (Å²) in [5, 5.41) is 6.52. The average molecular weight is 255 g/mol. The van der Waals surface area contributed by atoms with Crippen molar-refractivity contribution in [3.8, 4) is 0 Å². The molecule has 0 aromatic heterocycles. The number of nitrogens with zero attached hydrogens (tertiary/aromatic N) is 1. The molecule has 0 aromatic rings. The standard InChI is InChI=1S/C13H25N3O2/c1-18-8-7-16(9-12-3-2-6-14-12)10-13(17)15-11-4-5-11/h11-12,14H,2-10H2,1H3,(H,15,17). The van der Waals surface area contributed by atoms with Crippen molar-refractivity contribution in [3.05, 3.63) is 0 Å². The summed E-state index contributed by atoms with van der Waals surface area (Å²) in [4.78, 5) is 14.0. The maximum absolute atomic E-state index is 11.8. The fraction of sp³-hybridized carbons (Fsp3) is 0.923. The molecule has 1 saturated heterocycles. The lowest BCUT2D eigenvalue weighted by Gasteiger charge is -2.24. The molecule has 2 fully saturated rings. The van der Waals surface area contributed by atoms with Crippen LogP contribution in [-0.2, 0) is 9.53 Å². The minimum atomic E-state index is 0.159. The molecule has 0 spiro atoms. The Labute approximate surface area is 109 Å². The molecule has 1 aliphatic heterocycles. The fourth-order valence-corrected chi connectivity index (χ4v) is 2.38. The third kappa shape index (κ3) is 4.92. The van der Waals surface area contributed by atoms with Crippen molar-refractivity contribution in [2.75, 3.05) is 39.9 Å². The zero-order valence-electron chi connectivity index (χ0n) is 11.3. The molecule has 104 valence electrons. The van der Waals surface area contributed by atoms with Crippen molar-refractivity contribution >= 4 is 5.91 Å². The van der Waals surface area contributed by atoms with Gasteiger partial charge in [0.2, 0.25) is 5.91 Å². The highest BCUT2D eigenvalue weighted by atomic mass is 16.5. The van der Waals surface area contributed by atoms with E-state index in [2.05, 4.69) is 15.5 Å². The maximum Gasteiger partial charge on any atom is 0.234 e. The lowest BCUT2D eigenvalue weighted by atomic mass is 10.2. The van der Waals surface area contributed by atoms with Gasteiger partial charge in [0.25, 0.3) is 0 Å². The van der Waals surface area contributed by atoms with Crippen LogP contribution < -0.4 is 10.6 Å². The largest absolute Gasteiger partial charge is 0.383 e. The molecule has 0 aromatic carbocycles. The highest BCUT2D eigenvalue weighted by Gasteiger charge is 2.25. The summed E-state index contributed by atoms with van der Waals surface area (Å²) in [6.07, 6.45) is 4.76. The van der Waals surface area contributed by atoms with Gasteiger partial charge in [-0.25, -0.2) is 0 Å². The molecule has 5 heteroatoms. The molecular weight excluding hydrogens is 230 g/mol. The van der Waals surface area contributed by atoms with Crippen LogP contribution in [0.2, 0.25) is 0 Å². The van der Waals surface area contributed by atoms with E-state index in [1.807, 2.05) is 0 Å². The second kappa shape index (κ2) is 7.07. The topological polar surface area (TPSA) is 53.6 Å². The van der Waals surface area contributed by atoms with E-state index in [9.17, 15) is 4.79 Å². The SMILES string of the molecule is COCCN(CC(=O)NC1CC1)CC1CCCN1. The number of rotatable bonds is 8. The van der Waals surface area contributed by atoms with Gasteiger partial charge >= 0.3 is 0 Å². The lowest BCUT2D eigenvalue weighted by molar-refractivity contribution is -0.122. The van der Waals surface area contributed by atoms with Crippen LogP contribution in [0.25, 0.3) is 0 Å². The number of hydrogen-bond donors (Lipinski definition) is 2. The summed E-state index contributed by atoms with van der Waals surface area (Å²) < 4.78 is 5.12. The smallest absolute Gasteiger partial charge is 0.234 e. The second-order valence-electron chi connectivity index (χ2n) is 5.36. The van der Waals surface area contributed by atoms with Crippen LogP contribution in [0.1, 0.15) is 25.7 Å². The van der Waals surface area contributed by atoms with E-state index >= 15 is 0 Å². The van der Waals surface area contributed by atoms with Gasteiger partial charge in [-0.15, -0.1) is 0 Å². The zero-order chi connectivity index (χ0) is 12.8. The van der Waals surface area contributed by atoms with Crippen LogP contribution in [0, 0.1) is 0 Å². The molecule has 2 rings (SSSR count). The first kappa shape index (κ1) is 13.8. The van der Waals surface area contributed by atoms with E-state index < -0.39 is 0 Å². The van der Waals surface area contributed by atoms with E-state index in [0.29, 0.717) is 25.2 Å². The van der Waals surface area contributed by atoms with E-state index in [1.165, 1.54) is 12.8 Å². The summed E-state index contributed by atoms with van der Waals surface area (Å²) >= 11 is 0. The van der Waals surface area contributed by atoms with Crippen LogP contribution in [0.15, 0.2) is 0 Å². The monoisotopic (exact) mass is 255 g/mol. The molecule has 1 unspecified atom stereocenters. The Hall–Kier alpha value is -0.650. The molecular formula is C13H25N3O2. The quantitative estimate of drug-likeness (QED) is 0.639. The van der Waals surface area contributed by atoms with Crippen LogP contribution in [-0.4, -0.2) is 62.8 Å². The number of methoxy groups -OCH3 is 1. The first-order chi connectivity index (χ1) is 8.78. The van der Waals surface area contributed by atoms with Gasteiger partial charge in [0, 0.05) is 32.3 Å². The Bertz CT molecular complexity index is 263. The second-order valence-corrected chi connectivity index (χ2v) is 5.36. The Morgan fingerprint density at radius 1 is 1.44 bits per heavy atom. The van der Waals surface area contributed by atoms with Crippen LogP contribution >= 0.6 is 0 Å². The molecule has 1 aliphatic carbocycles. The molecule has 18 heavy (non-hydrogen) atoms. The summed E-state index contributed by atoms with van der Waals surface area (Å²) in [7, 11) is 1.70. The Morgan fingerprint density at radius 3 is 2.89 bits per heavy atom. The Kier molecular flexibility index (Phi) is 5.41. The van der Waals surface area contributed by atoms with E-state index in [1.54, 1.807) is 7.11 Å². The molecule has 2 aliphatic rings. The van der Waals surface area contributed by atoms with E-state index in [4.69, 9.17) is 4.74 Å². The third-order valence-electron chi connectivity index (χ3n) is 3.56. The van der Waals surface area contributed by atoms with Crippen molar-refractivity contribution in [2.45, 2.75) is 37.8 Å². The van der Waals surface area contributed by atoms with E-state index in [-0.39, 0.29) is 5.91 Å². The normalized spacial score (nSPS) is 23.6. The average Bonchev–Trinajstić information content (AvgIpc) is 3.00. The predicted octanol–water partition coefficient (Wildman–Crippen LogP) is -0.0346. The van der Waals surface area contributed by atoms with Gasteiger partial charge in [0.1, 0.15) is 0 Å². The number of hydrogen-bond acceptors (Lipinski definition) is 4. The number of amides is 1. The molecule has 0 radical (unpaired) electrons. The Morgan fingerprint density at radius 2 is 2.28 bits per heavy atom. The predicted molar refractivity (Wildman–Crippen MR) is 70.5 cm³/mol. The maximum atomic E-state index is 11.8. The minimum absolute atomic E-state index is 0.159. The summed E-state index contributed by atoms with van der Waals surface area (Å²) in [5.74, 6) is 0.159. The first-order valence-electron chi connectivity index (χ1n) is 7.02. The van der Waals surface area contributed by atoms with Gasteiger partial charge in [-0.05, 0) is 32.2 Å². The van der Waals surface area contributed by atoms with Crippen molar-refractivity contribution in [1.29, 1.82) is 0 Å². The molecule has 2 N–H and O–H groups in total.